The van der Waals surface area contributed by atoms with Gasteiger partial charge in [-0.3, -0.25) is 4.79 Å². The van der Waals surface area contributed by atoms with Crippen molar-refractivity contribution in [2.75, 3.05) is 38.7 Å². The van der Waals surface area contributed by atoms with Crippen LogP contribution >= 0.6 is 0 Å². The largest absolute Gasteiger partial charge is 0.484 e. The van der Waals surface area contributed by atoms with Crippen molar-refractivity contribution < 1.29 is 14.3 Å². The predicted molar refractivity (Wildman–Crippen MR) is 103 cm³/mol. The molecule has 2 heterocycles. The molecule has 1 aromatic heterocycles. The average molecular weight is 370 g/mol. The number of rotatable bonds is 6. The van der Waals surface area contributed by atoms with Crippen LogP contribution in [0.25, 0.3) is 0 Å². The summed E-state index contributed by atoms with van der Waals surface area (Å²) in [5.41, 5.74) is 1.16. The van der Waals surface area contributed by atoms with E-state index in [-0.39, 0.29) is 18.6 Å². The van der Waals surface area contributed by atoms with Crippen molar-refractivity contribution in [3.05, 3.63) is 42.0 Å². The Kier molecular flexibility index (Phi) is 6.11. The predicted octanol–water partition coefficient (Wildman–Crippen LogP) is 2.30. The van der Waals surface area contributed by atoms with Crippen LogP contribution in [0.1, 0.15) is 18.4 Å². The molecule has 1 amide bonds. The first kappa shape index (κ1) is 18.9. The number of likely N-dealkylation sites (tertiary alicyclic amines) is 1. The monoisotopic (exact) mass is 370 g/mol. The van der Waals surface area contributed by atoms with Crippen molar-refractivity contribution in [2.24, 2.45) is 0 Å². The maximum absolute atomic E-state index is 12.5. The molecule has 0 radical (unpaired) electrons. The van der Waals surface area contributed by atoms with E-state index in [0.29, 0.717) is 18.2 Å². The van der Waals surface area contributed by atoms with Crippen LogP contribution in [-0.2, 0) is 4.79 Å². The third-order valence-electron chi connectivity index (χ3n) is 4.49. The van der Waals surface area contributed by atoms with Crippen LogP contribution in [0.4, 0.5) is 5.82 Å². The van der Waals surface area contributed by atoms with E-state index >= 15 is 0 Å². The van der Waals surface area contributed by atoms with Gasteiger partial charge in [0.05, 0.1) is 6.54 Å². The van der Waals surface area contributed by atoms with E-state index in [0.717, 1.165) is 30.8 Å². The molecule has 7 heteroatoms. The highest BCUT2D eigenvalue weighted by Crippen LogP contribution is 2.18. The number of carbonyl (C=O) groups is 1. The first-order chi connectivity index (χ1) is 13.0. The summed E-state index contributed by atoms with van der Waals surface area (Å²) in [5, 5.41) is 8.22. The van der Waals surface area contributed by atoms with Crippen LogP contribution in [-0.4, -0.2) is 60.9 Å². The lowest BCUT2D eigenvalue weighted by atomic mass is 10.1. The number of anilines is 1. The van der Waals surface area contributed by atoms with Gasteiger partial charge in [0, 0.05) is 26.7 Å². The number of aryl methyl sites for hydroxylation is 1. The minimum atomic E-state index is -0.0819. The zero-order valence-corrected chi connectivity index (χ0v) is 16.1. The molecular formula is C20H26N4O3. The third-order valence-corrected chi connectivity index (χ3v) is 4.49. The number of nitrogens with zero attached hydrogens (tertiary/aromatic N) is 4. The number of ether oxygens (including phenoxy) is 2. The molecule has 27 heavy (non-hydrogen) atoms. The van der Waals surface area contributed by atoms with Gasteiger partial charge in [0.15, 0.2) is 12.4 Å². The number of hydrogen-bond acceptors (Lipinski definition) is 6. The van der Waals surface area contributed by atoms with Gasteiger partial charge in [-0.05, 0) is 38.0 Å². The van der Waals surface area contributed by atoms with Crippen LogP contribution in [0.15, 0.2) is 36.4 Å². The lowest BCUT2D eigenvalue weighted by molar-refractivity contribution is -0.136. The molecule has 144 valence electrons. The SMILES string of the molecule is Cc1ccc(OCC(=O)N2CCCC(Oc3ccc(N(C)C)nn3)C2)cc1. The summed E-state index contributed by atoms with van der Waals surface area (Å²) in [6, 6.07) is 11.4. The Bertz CT molecular complexity index is 747. The van der Waals surface area contributed by atoms with Gasteiger partial charge in [-0.25, -0.2) is 0 Å². The van der Waals surface area contributed by atoms with E-state index in [9.17, 15) is 4.79 Å². The molecule has 3 rings (SSSR count). The molecule has 0 spiro atoms. The lowest BCUT2D eigenvalue weighted by Gasteiger charge is -2.32. The second kappa shape index (κ2) is 8.70. The van der Waals surface area contributed by atoms with E-state index in [1.54, 1.807) is 4.90 Å². The number of piperidine rings is 1. The Morgan fingerprint density at radius 1 is 1.19 bits per heavy atom. The molecule has 2 aromatic rings. The summed E-state index contributed by atoms with van der Waals surface area (Å²) in [6.07, 6.45) is 1.70. The van der Waals surface area contributed by atoms with Gasteiger partial charge in [-0.15, -0.1) is 10.2 Å². The summed E-state index contributed by atoms with van der Waals surface area (Å²) >= 11 is 0. The van der Waals surface area contributed by atoms with Crippen LogP contribution < -0.4 is 14.4 Å². The topological polar surface area (TPSA) is 67.8 Å². The third kappa shape index (κ3) is 5.32. The van der Waals surface area contributed by atoms with Crippen molar-refractivity contribution in [1.82, 2.24) is 15.1 Å². The fourth-order valence-electron chi connectivity index (χ4n) is 2.92. The smallest absolute Gasteiger partial charge is 0.260 e. The molecule has 7 nitrogen and oxygen atoms in total. The van der Waals surface area contributed by atoms with Gasteiger partial charge < -0.3 is 19.3 Å². The molecular weight excluding hydrogens is 344 g/mol. The van der Waals surface area contributed by atoms with Gasteiger partial charge in [-0.2, -0.15) is 0 Å². The molecule has 0 saturated carbocycles. The van der Waals surface area contributed by atoms with Crippen molar-refractivity contribution in [3.63, 3.8) is 0 Å². The number of hydrogen-bond donors (Lipinski definition) is 0. The summed E-state index contributed by atoms with van der Waals surface area (Å²) in [4.78, 5) is 16.1. The Labute approximate surface area is 159 Å². The molecule has 1 fully saturated rings. The molecule has 1 unspecified atom stereocenters. The molecule has 0 N–H and O–H groups in total. The highest BCUT2D eigenvalue weighted by Gasteiger charge is 2.25. The number of amides is 1. The standard InChI is InChI=1S/C20H26N4O3/c1-15-6-8-16(9-7-15)26-14-20(25)24-12-4-5-17(13-24)27-19-11-10-18(21-22-19)23(2)3/h6-11,17H,4-5,12-14H2,1-3H3. The maximum atomic E-state index is 12.5. The summed E-state index contributed by atoms with van der Waals surface area (Å²) in [5.74, 6) is 1.93. The number of carbonyl (C=O) groups excluding carboxylic acids is 1. The Hall–Kier alpha value is -2.83. The average Bonchev–Trinajstić information content (AvgIpc) is 2.68. The molecule has 1 saturated heterocycles. The molecule has 1 aromatic carbocycles. The second-order valence-electron chi connectivity index (χ2n) is 6.95. The van der Waals surface area contributed by atoms with Gasteiger partial charge in [0.25, 0.3) is 5.91 Å². The summed E-state index contributed by atoms with van der Waals surface area (Å²) < 4.78 is 11.5. The lowest BCUT2D eigenvalue weighted by Crippen LogP contribution is -2.46. The van der Waals surface area contributed by atoms with Crippen molar-refractivity contribution in [1.29, 1.82) is 0 Å². The zero-order chi connectivity index (χ0) is 19.2. The van der Waals surface area contributed by atoms with Crippen LogP contribution in [0.2, 0.25) is 0 Å². The van der Waals surface area contributed by atoms with E-state index < -0.39 is 0 Å². The van der Waals surface area contributed by atoms with E-state index in [2.05, 4.69) is 10.2 Å². The summed E-state index contributed by atoms with van der Waals surface area (Å²) in [6.45, 7) is 3.31. The summed E-state index contributed by atoms with van der Waals surface area (Å²) in [7, 11) is 3.82. The van der Waals surface area contributed by atoms with Crippen LogP contribution in [0, 0.1) is 6.92 Å². The van der Waals surface area contributed by atoms with Gasteiger partial charge >= 0.3 is 0 Å². The van der Waals surface area contributed by atoms with Gasteiger partial charge in [-0.1, -0.05) is 17.7 Å². The maximum Gasteiger partial charge on any atom is 0.260 e. The van der Waals surface area contributed by atoms with Crippen molar-refractivity contribution >= 4 is 11.7 Å². The van der Waals surface area contributed by atoms with Crippen LogP contribution in [0.5, 0.6) is 11.6 Å². The Morgan fingerprint density at radius 3 is 2.63 bits per heavy atom. The molecule has 1 aliphatic rings. The first-order valence-electron chi connectivity index (χ1n) is 9.16. The highest BCUT2D eigenvalue weighted by molar-refractivity contribution is 5.77. The highest BCUT2D eigenvalue weighted by atomic mass is 16.5. The fraction of sp³-hybridized carbons (Fsp3) is 0.450. The van der Waals surface area contributed by atoms with Gasteiger partial charge in [0.2, 0.25) is 5.88 Å². The second-order valence-corrected chi connectivity index (χ2v) is 6.95. The number of benzene rings is 1. The van der Waals surface area contributed by atoms with E-state index in [1.807, 2.05) is 62.3 Å². The molecule has 1 atom stereocenters. The van der Waals surface area contributed by atoms with E-state index in [1.165, 1.54) is 0 Å². The minimum Gasteiger partial charge on any atom is -0.484 e. The molecule has 0 bridgehead atoms. The quantitative estimate of drug-likeness (QED) is 0.777. The van der Waals surface area contributed by atoms with Crippen molar-refractivity contribution in [2.45, 2.75) is 25.9 Å². The van der Waals surface area contributed by atoms with Gasteiger partial charge in [0.1, 0.15) is 11.9 Å². The Morgan fingerprint density at radius 2 is 1.96 bits per heavy atom. The fourth-order valence-corrected chi connectivity index (χ4v) is 2.92. The van der Waals surface area contributed by atoms with Crippen molar-refractivity contribution in [3.8, 4) is 11.6 Å². The molecule has 1 aliphatic heterocycles. The normalized spacial score (nSPS) is 16.7. The molecule has 0 aliphatic carbocycles. The van der Waals surface area contributed by atoms with E-state index in [4.69, 9.17) is 9.47 Å². The zero-order valence-electron chi connectivity index (χ0n) is 16.1. The number of aromatic nitrogens is 2. The minimum absolute atomic E-state index is 0.0297. The van der Waals surface area contributed by atoms with Crippen LogP contribution in [0.3, 0.4) is 0 Å². The Balaban J connectivity index is 1.50. The first-order valence-corrected chi connectivity index (χ1v) is 9.16.